The molecule has 1 heterocycles. The van der Waals surface area contributed by atoms with Gasteiger partial charge in [0.25, 0.3) is 5.91 Å². The third-order valence-corrected chi connectivity index (χ3v) is 5.50. The summed E-state index contributed by atoms with van der Waals surface area (Å²) in [5, 5.41) is 14.8. The summed E-state index contributed by atoms with van der Waals surface area (Å²) < 4.78 is 1.80. The number of hydrogen-bond acceptors (Lipinski definition) is 5. The number of amides is 2. The Hall–Kier alpha value is -3.13. The lowest BCUT2D eigenvalue weighted by Crippen LogP contribution is -2.28. The molecule has 0 aliphatic rings. The molecule has 3 rings (SSSR count). The fraction of sp³-hybridized carbons (Fsp3) is 0.273. The third kappa shape index (κ3) is 5.48. The van der Waals surface area contributed by atoms with E-state index in [1.165, 1.54) is 11.8 Å². The zero-order valence-corrected chi connectivity index (χ0v) is 18.3. The standard InChI is InChI=1S/C22H25N5O2S/c1-14-10-15(2)12-18(11-14)24-19(28)13-30-22-26-25-20(27(22)4)16(3)23-21(29)17-8-6-5-7-9-17/h5-12,16H,13H2,1-4H3,(H,23,29)(H,24,28)/t16-/m1/s1. The van der Waals surface area contributed by atoms with Crippen LogP contribution in [0.3, 0.4) is 0 Å². The Morgan fingerprint density at radius 2 is 1.73 bits per heavy atom. The minimum atomic E-state index is -0.325. The lowest BCUT2D eigenvalue weighted by atomic mass is 10.1. The lowest BCUT2D eigenvalue weighted by molar-refractivity contribution is -0.113. The van der Waals surface area contributed by atoms with Gasteiger partial charge in [-0.1, -0.05) is 36.0 Å². The highest BCUT2D eigenvalue weighted by Gasteiger charge is 2.19. The lowest BCUT2D eigenvalue weighted by Gasteiger charge is -2.13. The van der Waals surface area contributed by atoms with Gasteiger partial charge in [0.1, 0.15) is 0 Å². The van der Waals surface area contributed by atoms with Crippen molar-refractivity contribution in [1.82, 2.24) is 20.1 Å². The molecule has 0 bridgehead atoms. The van der Waals surface area contributed by atoms with Crippen LogP contribution in [-0.4, -0.2) is 32.3 Å². The van der Waals surface area contributed by atoms with Crippen molar-refractivity contribution in [3.05, 3.63) is 71.0 Å². The average molecular weight is 424 g/mol. The first-order chi connectivity index (χ1) is 14.3. The number of aryl methyl sites for hydroxylation is 2. The van der Waals surface area contributed by atoms with Crippen molar-refractivity contribution in [3.8, 4) is 0 Å². The van der Waals surface area contributed by atoms with Crippen LogP contribution in [0.4, 0.5) is 5.69 Å². The molecule has 0 fully saturated rings. The van der Waals surface area contributed by atoms with Gasteiger partial charge in [0.15, 0.2) is 11.0 Å². The molecule has 3 aromatic rings. The summed E-state index contributed by atoms with van der Waals surface area (Å²) in [5.41, 5.74) is 3.57. The molecule has 1 atom stereocenters. The van der Waals surface area contributed by atoms with Crippen molar-refractivity contribution >= 4 is 29.3 Å². The quantitative estimate of drug-likeness (QED) is 0.566. The molecule has 2 amide bonds. The van der Waals surface area contributed by atoms with E-state index in [-0.39, 0.29) is 23.6 Å². The number of carbonyl (C=O) groups is 2. The van der Waals surface area contributed by atoms with Gasteiger partial charge in [-0.25, -0.2) is 0 Å². The molecule has 0 saturated carbocycles. The van der Waals surface area contributed by atoms with E-state index in [2.05, 4.69) is 26.9 Å². The Balaban J connectivity index is 1.58. The number of nitrogens with one attached hydrogen (secondary N) is 2. The van der Waals surface area contributed by atoms with E-state index in [0.717, 1.165) is 16.8 Å². The van der Waals surface area contributed by atoms with Crippen LogP contribution in [0, 0.1) is 13.8 Å². The number of thioether (sulfide) groups is 1. The van der Waals surface area contributed by atoms with Gasteiger partial charge in [-0.3, -0.25) is 9.59 Å². The van der Waals surface area contributed by atoms with Crippen molar-refractivity contribution in [3.63, 3.8) is 0 Å². The van der Waals surface area contributed by atoms with Crippen LogP contribution < -0.4 is 10.6 Å². The molecule has 0 aliphatic heterocycles. The minimum Gasteiger partial charge on any atom is -0.342 e. The summed E-state index contributed by atoms with van der Waals surface area (Å²) in [6.07, 6.45) is 0. The molecule has 7 nitrogen and oxygen atoms in total. The van der Waals surface area contributed by atoms with Crippen LogP contribution in [0.15, 0.2) is 53.7 Å². The summed E-state index contributed by atoms with van der Waals surface area (Å²) >= 11 is 1.30. The number of aromatic nitrogens is 3. The van der Waals surface area contributed by atoms with Crippen molar-refractivity contribution in [2.75, 3.05) is 11.1 Å². The SMILES string of the molecule is Cc1cc(C)cc(NC(=O)CSc2nnc([C@@H](C)NC(=O)c3ccccc3)n2C)c1. The summed E-state index contributed by atoms with van der Waals surface area (Å²) in [7, 11) is 1.82. The first kappa shape index (κ1) is 21.6. The van der Waals surface area contributed by atoms with E-state index < -0.39 is 0 Å². The van der Waals surface area contributed by atoms with Crippen molar-refractivity contribution in [1.29, 1.82) is 0 Å². The fourth-order valence-corrected chi connectivity index (χ4v) is 3.86. The van der Waals surface area contributed by atoms with Gasteiger partial charge < -0.3 is 15.2 Å². The maximum absolute atomic E-state index is 12.4. The molecule has 0 spiro atoms. The summed E-state index contributed by atoms with van der Waals surface area (Å²) in [6.45, 7) is 5.85. The highest BCUT2D eigenvalue weighted by Crippen LogP contribution is 2.20. The second kappa shape index (κ2) is 9.58. The van der Waals surface area contributed by atoms with Crippen molar-refractivity contribution in [2.45, 2.75) is 32.0 Å². The van der Waals surface area contributed by atoms with Gasteiger partial charge in [-0.15, -0.1) is 10.2 Å². The summed E-state index contributed by atoms with van der Waals surface area (Å²) in [4.78, 5) is 24.7. The molecule has 8 heteroatoms. The number of carbonyl (C=O) groups excluding carboxylic acids is 2. The first-order valence-corrected chi connectivity index (χ1v) is 10.6. The number of benzene rings is 2. The van der Waals surface area contributed by atoms with Crippen LogP contribution in [0.2, 0.25) is 0 Å². The third-order valence-electron chi connectivity index (χ3n) is 4.48. The molecule has 0 saturated heterocycles. The Morgan fingerprint density at radius 1 is 1.07 bits per heavy atom. The molecule has 0 radical (unpaired) electrons. The first-order valence-electron chi connectivity index (χ1n) is 9.59. The zero-order valence-electron chi connectivity index (χ0n) is 17.5. The molecule has 0 unspecified atom stereocenters. The zero-order chi connectivity index (χ0) is 21.7. The van der Waals surface area contributed by atoms with E-state index in [4.69, 9.17) is 0 Å². The molecule has 30 heavy (non-hydrogen) atoms. The monoisotopic (exact) mass is 423 g/mol. The Kier molecular flexibility index (Phi) is 6.89. The average Bonchev–Trinajstić information content (AvgIpc) is 3.06. The van der Waals surface area contributed by atoms with Gasteiger partial charge in [-0.2, -0.15) is 0 Å². The van der Waals surface area contributed by atoms with E-state index in [9.17, 15) is 9.59 Å². The number of nitrogens with zero attached hydrogens (tertiary/aromatic N) is 3. The normalized spacial score (nSPS) is 11.7. The van der Waals surface area contributed by atoms with Gasteiger partial charge in [0.2, 0.25) is 5.91 Å². The predicted molar refractivity (Wildman–Crippen MR) is 119 cm³/mol. The molecule has 2 aromatic carbocycles. The Bertz CT molecular complexity index is 1030. The van der Waals surface area contributed by atoms with E-state index in [1.807, 2.05) is 58.2 Å². The maximum Gasteiger partial charge on any atom is 0.251 e. The molecule has 156 valence electrons. The van der Waals surface area contributed by atoms with Gasteiger partial charge >= 0.3 is 0 Å². The van der Waals surface area contributed by atoms with Gasteiger partial charge in [0, 0.05) is 18.3 Å². The predicted octanol–water partition coefficient (Wildman–Crippen LogP) is 3.65. The number of hydrogen-bond donors (Lipinski definition) is 2. The smallest absolute Gasteiger partial charge is 0.251 e. The Morgan fingerprint density at radius 3 is 2.40 bits per heavy atom. The van der Waals surface area contributed by atoms with E-state index in [1.54, 1.807) is 16.7 Å². The van der Waals surface area contributed by atoms with Crippen LogP contribution >= 0.6 is 11.8 Å². The highest BCUT2D eigenvalue weighted by molar-refractivity contribution is 7.99. The molecular formula is C22H25N5O2S. The van der Waals surface area contributed by atoms with Crippen LogP contribution in [-0.2, 0) is 11.8 Å². The number of anilines is 1. The largest absolute Gasteiger partial charge is 0.342 e. The summed E-state index contributed by atoms with van der Waals surface area (Å²) in [5.74, 6) is 0.550. The molecule has 2 N–H and O–H groups in total. The van der Waals surface area contributed by atoms with Crippen molar-refractivity contribution < 1.29 is 9.59 Å². The van der Waals surface area contributed by atoms with Gasteiger partial charge in [0.05, 0.1) is 11.8 Å². The van der Waals surface area contributed by atoms with Crippen LogP contribution in [0.1, 0.15) is 40.3 Å². The number of rotatable bonds is 7. The maximum atomic E-state index is 12.4. The van der Waals surface area contributed by atoms with E-state index in [0.29, 0.717) is 16.5 Å². The van der Waals surface area contributed by atoms with Gasteiger partial charge in [-0.05, 0) is 56.2 Å². The molecule has 0 aliphatic carbocycles. The van der Waals surface area contributed by atoms with Crippen LogP contribution in [0.25, 0.3) is 0 Å². The topological polar surface area (TPSA) is 88.9 Å². The second-order valence-electron chi connectivity index (χ2n) is 7.17. The van der Waals surface area contributed by atoms with Crippen LogP contribution in [0.5, 0.6) is 0 Å². The minimum absolute atomic E-state index is 0.111. The summed E-state index contributed by atoms with van der Waals surface area (Å²) in [6, 6.07) is 14.6. The molecule has 1 aromatic heterocycles. The highest BCUT2D eigenvalue weighted by atomic mass is 32.2. The second-order valence-corrected chi connectivity index (χ2v) is 8.12. The Labute approximate surface area is 180 Å². The fourth-order valence-electron chi connectivity index (χ4n) is 3.14. The van der Waals surface area contributed by atoms with E-state index >= 15 is 0 Å². The van der Waals surface area contributed by atoms with Crippen molar-refractivity contribution in [2.24, 2.45) is 7.05 Å². The molecular weight excluding hydrogens is 398 g/mol.